The molecule has 4 aliphatic carbocycles. The van der Waals surface area contributed by atoms with Crippen LogP contribution in [0.1, 0.15) is 69.6 Å². The number of ether oxygens (including phenoxy) is 3. The molecule has 39 heavy (non-hydrogen) atoms. The van der Waals surface area contributed by atoms with Crippen LogP contribution in [0.5, 0.6) is 0 Å². The number of carbonyl (C=O) groups is 2. The molecule has 0 radical (unpaired) electrons. The lowest BCUT2D eigenvalue weighted by Gasteiger charge is -2.52. The molecule has 6 rings (SSSR count). The zero-order chi connectivity index (χ0) is 28.4. The first-order valence-corrected chi connectivity index (χ1v) is 13.9. The molecule has 3 fully saturated rings. The Morgan fingerprint density at radius 3 is 2.49 bits per heavy atom. The maximum absolute atomic E-state index is 14.8. The predicted octanol–water partition coefficient (Wildman–Crippen LogP) is 4.05. The maximum atomic E-state index is 14.8. The molecule has 8 heteroatoms. The van der Waals surface area contributed by atoms with Crippen LogP contribution in [0, 0.1) is 48.3 Å². The van der Waals surface area contributed by atoms with Crippen molar-refractivity contribution in [1.29, 1.82) is 0 Å². The molecule has 1 aromatic heterocycles. The second kappa shape index (κ2) is 8.02. The molecule has 2 bridgehead atoms. The van der Waals surface area contributed by atoms with E-state index in [1.54, 1.807) is 27.7 Å². The number of rotatable bonds is 2. The summed E-state index contributed by atoms with van der Waals surface area (Å²) in [5.74, 6) is -1.80. The highest BCUT2D eigenvalue weighted by atomic mass is 16.7. The Hall–Kier alpha value is -2.55. The van der Waals surface area contributed by atoms with E-state index in [-0.39, 0.29) is 41.0 Å². The fourth-order valence-corrected chi connectivity index (χ4v) is 8.53. The molecule has 5 aliphatic rings. The van der Waals surface area contributed by atoms with Gasteiger partial charge in [0.25, 0.3) is 0 Å². The van der Waals surface area contributed by atoms with Gasteiger partial charge >= 0.3 is 11.6 Å². The summed E-state index contributed by atoms with van der Waals surface area (Å²) in [6.45, 7) is 15.2. The van der Waals surface area contributed by atoms with Crippen molar-refractivity contribution in [2.24, 2.45) is 34.5 Å². The largest absolute Gasteiger partial charge is 0.451 e. The third kappa shape index (κ3) is 3.37. The number of hydrogen-bond acceptors (Lipinski definition) is 8. The first kappa shape index (κ1) is 26.7. The topological polar surface area (TPSA) is 112 Å². The molecular weight excluding hydrogens is 500 g/mol. The minimum atomic E-state index is -1.90. The van der Waals surface area contributed by atoms with E-state index in [2.05, 4.69) is 13.8 Å². The van der Waals surface area contributed by atoms with E-state index >= 15 is 0 Å². The highest BCUT2D eigenvalue weighted by molar-refractivity contribution is 5.96. The quantitative estimate of drug-likeness (QED) is 0.443. The molecule has 8 atom stereocenters. The fraction of sp³-hybridized carbons (Fsp3) is 0.645. The summed E-state index contributed by atoms with van der Waals surface area (Å²) in [5, 5.41) is 13.1. The predicted molar refractivity (Wildman–Crippen MR) is 141 cm³/mol. The van der Waals surface area contributed by atoms with E-state index < -0.39 is 46.5 Å². The van der Waals surface area contributed by atoms with Gasteiger partial charge in [-0.3, -0.25) is 4.79 Å². The molecule has 1 saturated heterocycles. The lowest BCUT2D eigenvalue weighted by molar-refractivity contribution is -0.302. The van der Waals surface area contributed by atoms with Gasteiger partial charge in [-0.1, -0.05) is 32.9 Å². The molecule has 0 unspecified atom stereocenters. The molecule has 1 aliphatic heterocycles. The van der Waals surface area contributed by atoms with Gasteiger partial charge in [0, 0.05) is 12.0 Å². The maximum Gasteiger partial charge on any atom is 0.342 e. The van der Waals surface area contributed by atoms with E-state index in [0.717, 1.165) is 6.42 Å². The summed E-state index contributed by atoms with van der Waals surface area (Å²) >= 11 is 0. The zero-order valence-corrected chi connectivity index (χ0v) is 23.9. The highest BCUT2D eigenvalue weighted by Gasteiger charge is 2.77. The van der Waals surface area contributed by atoms with Crippen LogP contribution < -0.4 is 5.63 Å². The molecule has 0 amide bonds. The summed E-state index contributed by atoms with van der Waals surface area (Å²) in [4.78, 5) is 40.2. The Morgan fingerprint density at radius 2 is 1.82 bits per heavy atom. The van der Waals surface area contributed by atoms with Gasteiger partial charge in [0.2, 0.25) is 0 Å². The van der Waals surface area contributed by atoms with Crippen molar-refractivity contribution < 1.29 is 33.3 Å². The second-order valence-electron chi connectivity index (χ2n) is 13.5. The number of carbonyl (C=O) groups excluding carboxylic acids is 2. The second-order valence-corrected chi connectivity index (χ2v) is 13.5. The first-order chi connectivity index (χ1) is 18.1. The third-order valence-electron chi connectivity index (χ3n) is 10.4. The molecule has 210 valence electrons. The lowest BCUT2D eigenvalue weighted by Crippen LogP contribution is -2.68. The molecule has 8 nitrogen and oxygen atoms in total. The van der Waals surface area contributed by atoms with E-state index in [4.69, 9.17) is 18.6 Å². The van der Waals surface area contributed by atoms with Gasteiger partial charge in [-0.2, -0.15) is 0 Å². The van der Waals surface area contributed by atoms with Crippen molar-refractivity contribution in [3.05, 3.63) is 56.7 Å². The first-order valence-electron chi connectivity index (χ1n) is 13.9. The van der Waals surface area contributed by atoms with Crippen LogP contribution in [-0.2, 0) is 19.0 Å². The van der Waals surface area contributed by atoms with E-state index in [9.17, 15) is 19.5 Å². The fourth-order valence-electron chi connectivity index (χ4n) is 8.53. The van der Waals surface area contributed by atoms with Gasteiger partial charge in [-0.05, 0) is 80.9 Å². The van der Waals surface area contributed by atoms with Gasteiger partial charge < -0.3 is 23.7 Å². The van der Waals surface area contributed by atoms with E-state index in [0.29, 0.717) is 22.6 Å². The summed E-state index contributed by atoms with van der Waals surface area (Å²) in [6, 6.07) is 1.24. The number of hydrogen-bond donors (Lipinski definition) is 1. The minimum Gasteiger partial charge on any atom is -0.451 e. The van der Waals surface area contributed by atoms with Crippen LogP contribution in [0.15, 0.2) is 38.6 Å². The van der Waals surface area contributed by atoms with Crippen molar-refractivity contribution in [2.45, 2.75) is 85.4 Å². The molecule has 1 N–H and O–H groups in total. The van der Waals surface area contributed by atoms with E-state index in [1.807, 2.05) is 19.1 Å². The number of aliphatic hydroxyl groups is 1. The Kier molecular flexibility index (Phi) is 5.48. The minimum absolute atomic E-state index is 0.0103. The summed E-state index contributed by atoms with van der Waals surface area (Å²) in [6.07, 6.45) is 2.51. The number of fused-ring (bicyclic) bond motifs is 5. The Balaban J connectivity index is 1.52. The number of esters is 1. The lowest BCUT2D eigenvalue weighted by atomic mass is 9.59. The monoisotopic (exact) mass is 538 g/mol. The summed E-state index contributed by atoms with van der Waals surface area (Å²) < 4.78 is 23.8. The SMILES string of the molecule is CC1=C[C@]23C(=O)[C@@H](C=C4COC(C)(C)O[C@H]4[C@]2(O)[C@H]1OC(=O)c1c(C)cc(=O)oc1C)[C@H]1[C@@H](C[C@H]3C)C1(C)C. The van der Waals surface area contributed by atoms with Crippen LogP contribution in [-0.4, -0.2) is 47.1 Å². The Labute approximate surface area is 228 Å². The van der Waals surface area contributed by atoms with E-state index in [1.165, 1.54) is 13.0 Å². The molecule has 2 heterocycles. The van der Waals surface area contributed by atoms with Crippen LogP contribution >= 0.6 is 0 Å². The van der Waals surface area contributed by atoms with Gasteiger partial charge in [0.15, 0.2) is 23.3 Å². The molecular formula is C31H38O8. The van der Waals surface area contributed by atoms with Crippen LogP contribution in [0.25, 0.3) is 0 Å². The van der Waals surface area contributed by atoms with Gasteiger partial charge in [-0.15, -0.1) is 0 Å². The Bertz CT molecular complexity index is 1390. The summed E-state index contributed by atoms with van der Waals surface area (Å²) in [5.41, 5.74) is -1.92. The van der Waals surface area contributed by atoms with Crippen molar-refractivity contribution in [1.82, 2.24) is 0 Å². The average molecular weight is 539 g/mol. The third-order valence-corrected chi connectivity index (χ3v) is 10.4. The normalized spacial score (nSPS) is 41.2. The summed E-state index contributed by atoms with van der Waals surface area (Å²) in [7, 11) is 0. The van der Waals surface area contributed by atoms with Crippen LogP contribution in [0.4, 0.5) is 0 Å². The van der Waals surface area contributed by atoms with Crippen molar-refractivity contribution in [3.8, 4) is 0 Å². The number of aryl methyl sites for hydroxylation is 2. The van der Waals surface area contributed by atoms with Gasteiger partial charge in [-0.25, -0.2) is 9.59 Å². The highest BCUT2D eigenvalue weighted by Crippen LogP contribution is 2.72. The number of ketones is 1. The molecule has 1 spiro atoms. The van der Waals surface area contributed by atoms with Gasteiger partial charge in [0.05, 0.1) is 12.0 Å². The van der Waals surface area contributed by atoms with Crippen LogP contribution in [0.2, 0.25) is 0 Å². The number of allylic oxidation sites excluding steroid dienone is 1. The van der Waals surface area contributed by atoms with Crippen molar-refractivity contribution in [2.75, 3.05) is 6.61 Å². The standard InChI is InChI=1S/C31H38O8/c1-14-9-21(32)37-17(4)22(14)27(34)38-25-15(2)12-30-16(3)10-20-23(28(20,5)6)19(24(30)33)11-18-13-36-29(7,8)39-26(18)31(25,30)35/h9,11-12,16,19-20,23,25-26,35H,10,13H2,1-8H3/t16-,19+,20-,23+,25+,26-,30+,31-/m1/s1. The average Bonchev–Trinajstić information content (AvgIpc) is 3.31. The van der Waals surface area contributed by atoms with Crippen molar-refractivity contribution >= 4 is 11.8 Å². The Morgan fingerprint density at radius 1 is 1.13 bits per heavy atom. The molecule has 0 aromatic carbocycles. The molecule has 1 aromatic rings. The zero-order valence-electron chi connectivity index (χ0n) is 23.9. The number of Topliss-reactive ketones (excluding diaryl/α,β-unsaturated/α-hetero) is 1. The van der Waals surface area contributed by atoms with Crippen LogP contribution in [0.3, 0.4) is 0 Å². The molecule has 2 saturated carbocycles. The van der Waals surface area contributed by atoms with Gasteiger partial charge in [0.1, 0.15) is 17.4 Å². The smallest absolute Gasteiger partial charge is 0.342 e. The van der Waals surface area contributed by atoms with Crippen molar-refractivity contribution in [3.63, 3.8) is 0 Å².